The van der Waals surface area contributed by atoms with Gasteiger partial charge in [-0.05, 0) is 44.2 Å². The van der Waals surface area contributed by atoms with E-state index >= 15 is 0 Å². The van der Waals surface area contributed by atoms with E-state index in [4.69, 9.17) is 21.8 Å². The van der Waals surface area contributed by atoms with E-state index in [0.717, 1.165) is 5.76 Å². The Morgan fingerprint density at radius 3 is 2.68 bits per heavy atom. The third kappa shape index (κ3) is 3.09. The van der Waals surface area contributed by atoms with E-state index in [9.17, 15) is 4.79 Å². The Morgan fingerprint density at radius 2 is 2.11 bits per heavy atom. The predicted molar refractivity (Wildman–Crippen MR) is 75.2 cm³/mol. The lowest BCUT2D eigenvalue weighted by Crippen LogP contribution is -2.27. The van der Waals surface area contributed by atoms with Gasteiger partial charge >= 0.3 is 0 Å². The molecule has 0 bridgehead atoms. The van der Waals surface area contributed by atoms with E-state index in [1.807, 2.05) is 26.0 Å². The summed E-state index contributed by atoms with van der Waals surface area (Å²) < 4.78 is 5.46. The van der Waals surface area contributed by atoms with Crippen molar-refractivity contribution in [3.8, 4) is 0 Å². The molecule has 0 saturated heterocycles. The zero-order chi connectivity index (χ0) is 14.0. The maximum absolute atomic E-state index is 12.1. The maximum atomic E-state index is 12.1. The van der Waals surface area contributed by atoms with Crippen LogP contribution in [-0.2, 0) is 0 Å². The quantitative estimate of drug-likeness (QED) is 0.846. The van der Waals surface area contributed by atoms with Crippen LogP contribution in [0.4, 0.5) is 5.69 Å². The number of rotatable bonds is 3. The maximum Gasteiger partial charge on any atom is 0.253 e. The van der Waals surface area contributed by atoms with Crippen LogP contribution in [0.25, 0.3) is 0 Å². The highest BCUT2D eigenvalue weighted by Gasteiger charge is 2.16. The largest absolute Gasteiger partial charge is 0.464 e. The number of aryl methyl sites for hydroxylation is 1. The van der Waals surface area contributed by atoms with Crippen LogP contribution in [0.3, 0.4) is 0 Å². The average Bonchev–Trinajstić information content (AvgIpc) is 2.75. The Bertz CT molecular complexity index is 607. The molecule has 1 aromatic carbocycles. The standard InChI is InChI=1S/C14H15ClN2O2/c1-8-3-6-13(19-8)9(2)17-14(18)11-5-4-10(15)7-12(11)16/h3-7,9H,16H2,1-2H3,(H,17,18). The summed E-state index contributed by atoms with van der Waals surface area (Å²) in [6.07, 6.45) is 0. The molecule has 100 valence electrons. The Kier molecular flexibility index (Phi) is 3.81. The fourth-order valence-corrected chi connectivity index (χ4v) is 1.95. The van der Waals surface area contributed by atoms with Gasteiger partial charge in [0.2, 0.25) is 0 Å². The molecule has 2 aromatic rings. The highest BCUT2D eigenvalue weighted by molar-refractivity contribution is 6.31. The second-order valence-corrected chi connectivity index (χ2v) is 4.81. The van der Waals surface area contributed by atoms with Crippen molar-refractivity contribution >= 4 is 23.2 Å². The topological polar surface area (TPSA) is 68.3 Å². The number of hydrogen-bond donors (Lipinski definition) is 2. The van der Waals surface area contributed by atoms with E-state index in [-0.39, 0.29) is 11.9 Å². The average molecular weight is 279 g/mol. The molecule has 1 heterocycles. The third-order valence-electron chi connectivity index (χ3n) is 2.79. The lowest BCUT2D eigenvalue weighted by atomic mass is 10.1. The monoisotopic (exact) mass is 278 g/mol. The number of nitrogens with two attached hydrogens (primary N) is 1. The molecule has 1 unspecified atom stereocenters. The molecule has 1 aromatic heterocycles. The molecule has 2 rings (SSSR count). The zero-order valence-corrected chi connectivity index (χ0v) is 11.5. The molecule has 4 nitrogen and oxygen atoms in total. The first-order valence-electron chi connectivity index (χ1n) is 5.89. The third-order valence-corrected chi connectivity index (χ3v) is 3.03. The predicted octanol–water partition coefficient (Wildman–Crippen LogP) is 3.31. The lowest BCUT2D eigenvalue weighted by Gasteiger charge is -2.12. The summed E-state index contributed by atoms with van der Waals surface area (Å²) in [5.74, 6) is 1.26. The molecular weight excluding hydrogens is 264 g/mol. The minimum atomic E-state index is -0.254. The molecule has 1 atom stereocenters. The minimum absolute atomic E-state index is 0.226. The fourth-order valence-electron chi connectivity index (χ4n) is 1.77. The fraction of sp³-hybridized carbons (Fsp3) is 0.214. The number of nitrogens with one attached hydrogen (secondary N) is 1. The van der Waals surface area contributed by atoms with Gasteiger partial charge in [-0.25, -0.2) is 0 Å². The molecule has 0 fully saturated rings. The number of carbonyl (C=O) groups excluding carboxylic acids is 1. The summed E-state index contributed by atoms with van der Waals surface area (Å²) >= 11 is 5.80. The number of nitrogen functional groups attached to an aromatic ring is 1. The molecule has 0 saturated carbocycles. The number of benzene rings is 1. The Morgan fingerprint density at radius 1 is 1.37 bits per heavy atom. The Hall–Kier alpha value is -1.94. The summed E-state index contributed by atoms with van der Waals surface area (Å²) in [4.78, 5) is 12.1. The van der Waals surface area contributed by atoms with Crippen molar-refractivity contribution in [1.82, 2.24) is 5.32 Å². The summed E-state index contributed by atoms with van der Waals surface area (Å²) in [5.41, 5.74) is 6.53. The van der Waals surface area contributed by atoms with Crippen molar-refractivity contribution in [2.45, 2.75) is 19.9 Å². The number of anilines is 1. The molecule has 0 aliphatic heterocycles. The van der Waals surface area contributed by atoms with Gasteiger partial charge in [0.15, 0.2) is 0 Å². The van der Waals surface area contributed by atoms with Crippen molar-refractivity contribution in [1.29, 1.82) is 0 Å². The lowest BCUT2D eigenvalue weighted by molar-refractivity contribution is 0.0936. The highest BCUT2D eigenvalue weighted by atomic mass is 35.5. The normalized spacial score (nSPS) is 12.2. The van der Waals surface area contributed by atoms with Crippen LogP contribution in [0.1, 0.15) is 34.8 Å². The molecule has 3 N–H and O–H groups in total. The van der Waals surface area contributed by atoms with Crippen molar-refractivity contribution in [3.05, 3.63) is 52.4 Å². The first-order valence-corrected chi connectivity index (χ1v) is 6.27. The molecule has 0 radical (unpaired) electrons. The van der Waals surface area contributed by atoms with Crippen LogP contribution >= 0.6 is 11.6 Å². The van der Waals surface area contributed by atoms with Gasteiger partial charge in [-0.15, -0.1) is 0 Å². The van der Waals surface area contributed by atoms with Crippen LogP contribution in [0, 0.1) is 6.92 Å². The van der Waals surface area contributed by atoms with Crippen LogP contribution in [0.5, 0.6) is 0 Å². The first kappa shape index (κ1) is 13.5. The van der Waals surface area contributed by atoms with Crippen LogP contribution < -0.4 is 11.1 Å². The summed E-state index contributed by atoms with van der Waals surface area (Å²) in [7, 11) is 0. The van der Waals surface area contributed by atoms with E-state index in [2.05, 4.69) is 5.32 Å². The highest BCUT2D eigenvalue weighted by Crippen LogP contribution is 2.20. The van der Waals surface area contributed by atoms with E-state index in [0.29, 0.717) is 22.0 Å². The second kappa shape index (κ2) is 5.36. The van der Waals surface area contributed by atoms with E-state index in [1.54, 1.807) is 18.2 Å². The molecule has 0 spiro atoms. The van der Waals surface area contributed by atoms with Crippen LogP contribution in [0.15, 0.2) is 34.7 Å². The first-order chi connectivity index (χ1) is 8.97. The smallest absolute Gasteiger partial charge is 0.253 e. The van der Waals surface area contributed by atoms with Gasteiger partial charge in [0.25, 0.3) is 5.91 Å². The molecular formula is C14H15ClN2O2. The molecule has 0 aliphatic rings. The molecule has 0 aliphatic carbocycles. The Balaban J connectivity index is 2.12. The van der Waals surface area contributed by atoms with Crippen LogP contribution in [0.2, 0.25) is 5.02 Å². The molecule has 1 amide bonds. The number of carbonyl (C=O) groups is 1. The van der Waals surface area contributed by atoms with Crippen molar-refractivity contribution in [3.63, 3.8) is 0 Å². The van der Waals surface area contributed by atoms with Gasteiger partial charge in [0.05, 0.1) is 11.6 Å². The van der Waals surface area contributed by atoms with E-state index < -0.39 is 0 Å². The van der Waals surface area contributed by atoms with E-state index in [1.165, 1.54) is 0 Å². The molecule has 5 heteroatoms. The summed E-state index contributed by atoms with van der Waals surface area (Å²) in [6.45, 7) is 3.71. The number of hydrogen-bond acceptors (Lipinski definition) is 3. The number of amides is 1. The summed E-state index contributed by atoms with van der Waals surface area (Å²) in [6, 6.07) is 8.26. The Labute approximate surface area is 116 Å². The van der Waals surface area contributed by atoms with Gasteiger partial charge in [0, 0.05) is 10.7 Å². The van der Waals surface area contributed by atoms with Gasteiger partial charge in [-0.1, -0.05) is 11.6 Å². The van der Waals surface area contributed by atoms with Gasteiger partial charge in [-0.2, -0.15) is 0 Å². The zero-order valence-electron chi connectivity index (χ0n) is 10.7. The number of halogens is 1. The van der Waals surface area contributed by atoms with Crippen molar-refractivity contribution < 1.29 is 9.21 Å². The number of furan rings is 1. The van der Waals surface area contributed by atoms with Gasteiger partial charge in [-0.3, -0.25) is 4.79 Å². The SMILES string of the molecule is Cc1ccc(C(C)NC(=O)c2ccc(Cl)cc2N)o1. The van der Waals surface area contributed by atoms with Gasteiger partial charge in [0.1, 0.15) is 11.5 Å². The minimum Gasteiger partial charge on any atom is -0.464 e. The van der Waals surface area contributed by atoms with Gasteiger partial charge < -0.3 is 15.5 Å². The van der Waals surface area contributed by atoms with Crippen molar-refractivity contribution in [2.75, 3.05) is 5.73 Å². The second-order valence-electron chi connectivity index (χ2n) is 4.38. The van der Waals surface area contributed by atoms with Crippen molar-refractivity contribution in [2.24, 2.45) is 0 Å². The summed E-state index contributed by atoms with van der Waals surface area (Å²) in [5, 5.41) is 3.33. The van der Waals surface area contributed by atoms with Crippen LogP contribution in [-0.4, -0.2) is 5.91 Å². The molecule has 19 heavy (non-hydrogen) atoms.